The molecule has 1 aliphatic rings. The summed E-state index contributed by atoms with van der Waals surface area (Å²) in [5.74, 6) is -2.99. The molecule has 3 heterocycles. The Labute approximate surface area is 179 Å². The van der Waals surface area contributed by atoms with Crippen molar-refractivity contribution >= 4 is 34.0 Å². The van der Waals surface area contributed by atoms with E-state index in [1.807, 2.05) is 0 Å². The Morgan fingerprint density at radius 3 is 2.70 bits per heavy atom. The van der Waals surface area contributed by atoms with Crippen LogP contribution in [0.1, 0.15) is 39.8 Å². The van der Waals surface area contributed by atoms with Gasteiger partial charge in [0.2, 0.25) is 11.1 Å². The minimum Gasteiger partial charge on any atom is -0.494 e. The largest absolute Gasteiger partial charge is 0.494 e. The predicted molar refractivity (Wildman–Crippen MR) is 109 cm³/mol. The van der Waals surface area contributed by atoms with Crippen molar-refractivity contribution in [2.24, 2.45) is 0 Å². The molecule has 30 heavy (non-hydrogen) atoms. The molecular weight excluding hydrogens is 436 g/mol. The first kappa shape index (κ1) is 20.5. The molecule has 0 aliphatic heterocycles. The SMILES string of the molecule is COc1cnc(Cl)cc1-c1cc(C)ncc1C(=O)Nc1nnc(C2CC(F)(F)C2)s1. The first-order valence-corrected chi connectivity index (χ1v) is 10.1. The van der Waals surface area contributed by atoms with E-state index >= 15 is 0 Å². The van der Waals surface area contributed by atoms with Crippen LogP contribution in [-0.4, -0.2) is 39.1 Å². The fourth-order valence-electron chi connectivity index (χ4n) is 3.20. The predicted octanol–water partition coefficient (Wildman–Crippen LogP) is 4.73. The van der Waals surface area contributed by atoms with Crippen LogP contribution in [0.5, 0.6) is 5.75 Å². The third-order valence-corrected chi connectivity index (χ3v) is 5.94. The number of hydrogen-bond donors (Lipinski definition) is 1. The Hall–Kier alpha value is -2.72. The maximum absolute atomic E-state index is 13.1. The van der Waals surface area contributed by atoms with Crippen molar-refractivity contribution in [3.8, 4) is 16.9 Å². The number of nitrogens with one attached hydrogen (secondary N) is 1. The topological polar surface area (TPSA) is 89.9 Å². The molecule has 1 fully saturated rings. The molecule has 1 amide bonds. The number of nitrogens with zero attached hydrogens (tertiary/aromatic N) is 4. The summed E-state index contributed by atoms with van der Waals surface area (Å²) in [6.45, 7) is 1.80. The second-order valence-corrected chi connectivity index (χ2v) is 8.34. The Kier molecular flexibility index (Phi) is 5.37. The molecule has 0 spiro atoms. The molecule has 1 N–H and O–H groups in total. The maximum Gasteiger partial charge on any atom is 0.259 e. The highest BCUT2D eigenvalue weighted by molar-refractivity contribution is 7.15. The number of halogens is 3. The summed E-state index contributed by atoms with van der Waals surface area (Å²) in [5.41, 5.74) is 2.11. The monoisotopic (exact) mass is 451 g/mol. The van der Waals surface area contributed by atoms with Crippen molar-refractivity contribution in [1.29, 1.82) is 0 Å². The summed E-state index contributed by atoms with van der Waals surface area (Å²) in [6, 6.07) is 3.34. The fourth-order valence-corrected chi connectivity index (χ4v) is 4.20. The zero-order valence-electron chi connectivity index (χ0n) is 15.9. The molecule has 0 bridgehead atoms. The number of anilines is 1. The smallest absolute Gasteiger partial charge is 0.259 e. The summed E-state index contributed by atoms with van der Waals surface area (Å²) in [4.78, 5) is 21.2. The zero-order chi connectivity index (χ0) is 21.5. The van der Waals surface area contributed by atoms with Crippen LogP contribution in [0.25, 0.3) is 11.1 Å². The van der Waals surface area contributed by atoms with Crippen LogP contribution in [0.3, 0.4) is 0 Å². The molecule has 7 nitrogen and oxygen atoms in total. The van der Waals surface area contributed by atoms with Crippen molar-refractivity contribution in [2.75, 3.05) is 12.4 Å². The van der Waals surface area contributed by atoms with E-state index in [0.29, 0.717) is 27.6 Å². The van der Waals surface area contributed by atoms with Crippen molar-refractivity contribution < 1.29 is 18.3 Å². The summed E-state index contributed by atoms with van der Waals surface area (Å²) in [5, 5.41) is 11.5. The number of aryl methyl sites for hydroxylation is 1. The highest BCUT2D eigenvalue weighted by Crippen LogP contribution is 2.49. The van der Waals surface area contributed by atoms with Gasteiger partial charge in [-0.1, -0.05) is 22.9 Å². The van der Waals surface area contributed by atoms with Gasteiger partial charge in [0, 0.05) is 41.8 Å². The zero-order valence-corrected chi connectivity index (χ0v) is 17.5. The van der Waals surface area contributed by atoms with Crippen molar-refractivity contribution in [3.63, 3.8) is 0 Å². The Morgan fingerprint density at radius 2 is 2.00 bits per heavy atom. The molecule has 0 aromatic carbocycles. The molecule has 156 valence electrons. The van der Waals surface area contributed by atoms with Crippen LogP contribution in [0.4, 0.5) is 13.9 Å². The van der Waals surface area contributed by atoms with Crippen molar-refractivity contribution in [2.45, 2.75) is 31.6 Å². The molecule has 1 aliphatic carbocycles. The second kappa shape index (κ2) is 7.84. The van der Waals surface area contributed by atoms with E-state index in [9.17, 15) is 13.6 Å². The van der Waals surface area contributed by atoms with Crippen LogP contribution in [0.15, 0.2) is 24.5 Å². The number of amides is 1. The van der Waals surface area contributed by atoms with Gasteiger partial charge >= 0.3 is 0 Å². The van der Waals surface area contributed by atoms with Crippen LogP contribution in [0.2, 0.25) is 5.15 Å². The molecule has 11 heteroatoms. The number of carbonyl (C=O) groups is 1. The third-order valence-electron chi connectivity index (χ3n) is 4.73. The van der Waals surface area contributed by atoms with E-state index in [4.69, 9.17) is 16.3 Å². The van der Waals surface area contributed by atoms with Gasteiger partial charge in [-0.15, -0.1) is 10.2 Å². The van der Waals surface area contributed by atoms with E-state index in [1.165, 1.54) is 19.5 Å². The summed E-state index contributed by atoms with van der Waals surface area (Å²) in [7, 11) is 1.49. The molecule has 0 radical (unpaired) electrons. The lowest BCUT2D eigenvalue weighted by atomic mass is 9.82. The Balaban J connectivity index is 1.62. The fraction of sp³-hybridized carbons (Fsp3) is 0.316. The molecule has 3 aromatic heterocycles. The lowest BCUT2D eigenvalue weighted by Crippen LogP contribution is -2.33. The number of rotatable bonds is 5. The normalized spacial score (nSPS) is 15.5. The molecule has 4 rings (SSSR count). The summed E-state index contributed by atoms with van der Waals surface area (Å²) >= 11 is 7.14. The molecular formula is C19H16ClF2N5O2S. The number of alkyl halides is 2. The van der Waals surface area contributed by atoms with E-state index < -0.39 is 11.8 Å². The van der Waals surface area contributed by atoms with Gasteiger partial charge in [0.25, 0.3) is 5.91 Å². The first-order valence-electron chi connectivity index (χ1n) is 8.95. The van der Waals surface area contributed by atoms with Gasteiger partial charge in [0.05, 0.1) is 18.9 Å². The minimum atomic E-state index is -2.65. The molecule has 1 saturated carbocycles. The van der Waals surface area contributed by atoms with Gasteiger partial charge in [0.15, 0.2) is 0 Å². The van der Waals surface area contributed by atoms with Crippen LogP contribution < -0.4 is 10.1 Å². The number of pyridine rings is 2. The van der Waals surface area contributed by atoms with Gasteiger partial charge < -0.3 is 4.74 Å². The molecule has 3 aromatic rings. The number of methoxy groups -OCH3 is 1. The number of hydrogen-bond acceptors (Lipinski definition) is 7. The standard InChI is InChI=1S/C19H16ClF2N5O2S/c1-9-3-11(12-4-15(20)24-8-14(12)29-2)13(7-23-9)16(28)25-18-27-26-17(30-18)10-5-19(21,22)6-10/h3-4,7-8,10H,5-6H2,1-2H3,(H,25,27,28). The molecule has 0 unspecified atom stereocenters. The van der Waals surface area contributed by atoms with Gasteiger partial charge in [-0.05, 0) is 19.1 Å². The van der Waals surface area contributed by atoms with E-state index in [-0.39, 0.29) is 34.6 Å². The summed E-state index contributed by atoms with van der Waals surface area (Å²) < 4.78 is 31.6. The highest BCUT2D eigenvalue weighted by Gasteiger charge is 2.47. The Morgan fingerprint density at radius 1 is 1.23 bits per heavy atom. The van der Waals surface area contributed by atoms with E-state index in [2.05, 4.69) is 25.5 Å². The van der Waals surface area contributed by atoms with Gasteiger partial charge in [-0.2, -0.15) is 0 Å². The highest BCUT2D eigenvalue weighted by atomic mass is 35.5. The third kappa shape index (κ3) is 4.10. The average Bonchev–Trinajstić information content (AvgIpc) is 3.14. The van der Waals surface area contributed by atoms with Crippen LogP contribution in [-0.2, 0) is 0 Å². The maximum atomic E-state index is 13.1. The Bertz CT molecular complexity index is 1120. The lowest BCUT2D eigenvalue weighted by molar-refractivity contribution is -0.0868. The molecule has 0 atom stereocenters. The van der Waals surface area contributed by atoms with Gasteiger partial charge in [-0.25, -0.2) is 13.8 Å². The number of carbonyl (C=O) groups excluding carboxylic acids is 1. The van der Waals surface area contributed by atoms with Gasteiger partial charge in [0.1, 0.15) is 15.9 Å². The van der Waals surface area contributed by atoms with Gasteiger partial charge in [-0.3, -0.25) is 15.1 Å². The number of ether oxygens (including phenoxy) is 1. The summed E-state index contributed by atoms with van der Waals surface area (Å²) in [6.07, 6.45) is 2.43. The van der Waals surface area contributed by atoms with Crippen molar-refractivity contribution in [3.05, 3.63) is 45.9 Å². The molecule has 0 saturated heterocycles. The van der Waals surface area contributed by atoms with E-state index in [1.54, 1.807) is 19.1 Å². The van der Waals surface area contributed by atoms with Crippen LogP contribution in [0, 0.1) is 6.92 Å². The lowest BCUT2D eigenvalue weighted by Gasteiger charge is -2.32. The van der Waals surface area contributed by atoms with Crippen LogP contribution >= 0.6 is 22.9 Å². The number of aromatic nitrogens is 4. The average molecular weight is 452 g/mol. The minimum absolute atomic E-state index is 0.233. The second-order valence-electron chi connectivity index (χ2n) is 6.94. The van der Waals surface area contributed by atoms with E-state index in [0.717, 1.165) is 11.3 Å². The van der Waals surface area contributed by atoms with Crippen molar-refractivity contribution in [1.82, 2.24) is 20.2 Å². The quantitative estimate of drug-likeness (QED) is 0.564. The first-order chi connectivity index (χ1) is 14.3.